The van der Waals surface area contributed by atoms with Gasteiger partial charge in [-0.05, 0) is 32.7 Å². The van der Waals surface area contributed by atoms with Gasteiger partial charge in [0.25, 0.3) is 0 Å². The van der Waals surface area contributed by atoms with Crippen molar-refractivity contribution in [3.8, 4) is 0 Å². The zero-order valence-corrected chi connectivity index (χ0v) is 9.80. The highest BCUT2D eigenvalue weighted by Crippen LogP contribution is 2.31. The number of hydrogen-bond donors (Lipinski definition) is 1. The van der Waals surface area contributed by atoms with Gasteiger partial charge in [0, 0.05) is 18.1 Å². The highest BCUT2D eigenvalue weighted by atomic mass is 19.3. The van der Waals surface area contributed by atoms with Crippen LogP contribution in [0.4, 0.5) is 17.6 Å². The lowest BCUT2D eigenvalue weighted by Gasteiger charge is -2.36. The zero-order chi connectivity index (χ0) is 12.6. The molecule has 2 fully saturated rings. The quantitative estimate of drug-likeness (QED) is 0.773. The summed E-state index contributed by atoms with van der Waals surface area (Å²) in [5.41, 5.74) is 0. The Morgan fingerprint density at radius 3 is 2.24 bits per heavy atom. The standard InChI is InChI=1S/C11H18F4N2/c1-17(6-11(14,15)10(12)13)9-4-7-2-3-8(5-9)16-7/h7-10,16H,2-6H2,1H3. The van der Waals surface area contributed by atoms with Crippen molar-refractivity contribution in [3.63, 3.8) is 0 Å². The van der Waals surface area contributed by atoms with Crippen molar-refractivity contribution in [2.24, 2.45) is 0 Å². The number of alkyl halides is 4. The largest absolute Gasteiger partial charge is 0.319 e. The topological polar surface area (TPSA) is 15.3 Å². The highest BCUT2D eigenvalue weighted by Gasteiger charge is 2.44. The molecule has 2 nitrogen and oxygen atoms in total. The maximum Gasteiger partial charge on any atom is 0.319 e. The fourth-order valence-corrected chi connectivity index (χ4v) is 2.92. The molecule has 0 aromatic heterocycles. The molecule has 2 bridgehead atoms. The number of hydrogen-bond acceptors (Lipinski definition) is 2. The average molecular weight is 254 g/mol. The fourth-order valence-electron chi connectivity index (χ4n) is 2.92. The van der Waals surface area contributed by atoms with Gasteiger partial charge in [-0.15, -0.1) is 0 Å². The van der Waals surface area contributed by atoms with Gasteiger partial charge in [-0.3, -0.25) is 4.90 Å². The summed E-state index contributed by atoms with van der Waals surface area (Å²) in [5, 5.41) is 3.40. The highest BCUT2D eigenvalue weighted by molar-refractivity contribution is 4.95. The Kier molecular flexibility index (Phi) is 3.63. The van der Waals surface area contributed by atoms with Crippen molar-refractivity contribution >= 4 is 0 Å². The molecule has 0 aromatic rings. The Morgan fingerprint density at radius 1 is 1.24 bits per heavy atom. The lowest BCUT2D eigenvalue weighted by Crippen LogP contribution is -2.50. The maximum absolute atomic E-state index is 13.0. The van der Waals surface area contributed by atoms with E-state index in [2.05, 4.69) is 5.32 Å². The van der Waals surface area contributed by atoms with Crippen LogP contribution in [-0.2, 0) is 0 Å². The first-order valence-electron chi connectivity index (χ1n) is 6.01. The van der Waals surface area contributed by atoms with Gasteiger partial charge in [0.05, 0.1) is 6.54 Å². The minimum absolute atomic E-state index is 0.00150. The molecule has 17 heavy (non-hydrogen) atoms. The van der Waals surface area contributed by atoms with Crippen LogP contribution in [0.2, 0.25) is 0 Å². The van der Waals surface area contributed by atoms with Gasteiger partial charge in [-0.2, -0.15) is 8.78 Å². The van der Waals surface area contributed by atoms with E-state index >= 15 is 0 Å². The van der Waals surface area contributed by atoms with Crippen LogP contribution in [0.25, 0.3) is 0 Å². The minimum Gasteiger partial charge on any atom is -0.311 e. The van der Waals surface area contributed by atoms with Gasteiger partial charge in [-0.25, -0.2) is 8.78 Å². The molecule has 1 N–H and O–H groups in total. The second kappa shape index (κ2) is 4.72. The number of nitrogens with one attached hydrogen (secondary N) is 1. The Balaban J connectivity index is 1.90. The Hall–Kier alpha value is -0.360. The molecule has 2 atom stereocenters. The van der Waals surface area contributed by atoms with Gasteiger partial charge in [-0.1, -0.05) is 0 Å². The summed E-state index contributed by atoms with van der Waals surface area (Å²) in [7, 11) is 1.52. The number of fused-ring (bicyclic) bond motifs is 2. The minimum atomic E-state index is -3.90. The predicted molar refractivity (Wildman–Crippen MR) is 56.5 cm³/mol. The van der Waals surface area contributed by atoms with Crippen LogP contribution in [0.5, 0.6) is 0 Å². The smallest absolute Gasteiger partial charge is 0.311 e. The molecule has 2 saturated heterocycles. The van der Waals surface area contributed by atoms with Crippen LogP contribution >= 0.6 is 0 Å². The summed E-state index contributed by atoms with van der Waals surface area (Å²) in [5.74, 6) is -3.90. The van der Waals surface area contributed by atoms with E-state index in [1.807, 2.05) is 0 Å². The normalized spacial score (nSPS) is 33.7. The number of rotatable bonds is 4. The predicted octanol–water partition coefficient (Wildman–Crippen LogP) is 2.10. The van der Waals surface area contributed by atoms with E-state index < -0.39 is 18.9 Å². The molecule has 2 heterocycles. The summed E-state index contributed by atoms with van der Waals surface area (Å²) in [6.45, 7) is -0.852. The van der Waals surface area contributed by atoms with Crippen molar-refractivity contribution in [1.82, 2.24) is 10.2 Å². The Labute approximate surface area is 98.3 Å². The van der Waals surface area contributed by atoms with E-state index in [-0.39, 0.29) is 6.04 Å². The lowest BCUT2D eigenvalue weighted by atomic mass is 9.98. The molecule has 2 rings (SSSR count). The van der Waals surface area contributed by atoms with Crippen molar-refractivity contribution in [2.75, 3.05) is 13.6 Å². The average Bonchev–Trinajstić information content (AvgIpc) is 2.56. The van der Waals surface area contributed by atoms with E-state index in [4.69, 9.17) is 0 Å². The van der Waals surface area contributed by atoms with Crippen molar-refractivity contribution in [3.05, 3.63) is 0 Å². The van der Waals surface area contributed by atoms with Gasteiger partial charge in [0.1, 0.15) is 0 Å². The Bertz CT molecular complexity index is 260. The molecule has 0 spiro atoms. The van der Waals surface area contributed by atoms with Crippen LogP contribution in [0.3, 0.4) is 0 Å². The second-order valence-corrected chi connectivity index (χ2v) is 5.24. The molecule has 0 radical (unpaired) electrons. The lowest BCUT2D eigenvalue weighted by molar-refractivity contribution is -0.144. The molecule has 0 saturated carbocycles. The molecular formula is C11H18F4N2. The molecule has 100 valence electrons. The van der Waals surface area contributed by atoms with E-state index in [1.54, 1.807) is 0 Å². The number of halogens is 4. The van der Waals surface area contributed by atoms with E-state index in [0.717, 1.165) is 25.7 Å². The molecule has 0 amide bonds. The number of nitrogens with zero attached hydrogens (tertiary/aromatic N) is 1. The van der Waals surface area contributed by atoms with Crippen molar-refractivity contribution in [1.29, 1.82) is 0 Å². The first-order chi connectivity index (χ1) is 7.88. The fraction of sp³-hybridized carbons (Fsp3) is 1.00. The summed E-state index contributed by atoms with van der Waals surface area (Å²) in [6.07, 6.45) is 0.127. The van der Waals surface area contributed by atoms with Crippen molar-refractivity contribution < 1.29 is 17.6 Å². The molecule has 0 aliphatic carbocycles. The first-order valence-corrected chi connectivity index (χ1v) is 6.01. The summed E-state index contributed by atoms with van der Waals surface area (Å²) < 4.78 is 50.1. The SMILES string of the molecule is CN(CC(F)(F)C(F)F)C1CC2CCC(C1)N2. The van der Waals surface area contributed by atoms with Crippen molar-refractivity contribution in [2.45, 2.75) is 56.2 Å². The molecule has 2 unspecified atom stereocenters. The monoisotopic (exact) mass is 254 g/mol. The first kappa shape index (κ1) is 13.1. The third-order valence-electron chi connectivity index (χ3n) is 3.85. The van der Waals surface area contributed by atoms with Crippen LogP contribution < -0.4 is 5.32 Å². The molecule has 0 aromatic carbocycles. The van der Waals surface area contributed by atoms with Crippen LogP contribution in [-0.4, -0.2) is 49.0 Å². The van der Waals surface area contributed by atoms with Gasteiger partial charge in [0.15, 0.2) is 0 Å². The summed E-state index contributed by atoms with van der Waals surface area (Å²) in [6, 6.07) is 0.751. The summed E-state index contributed by atoms with van der Waals surface area (Å²) in [4.78, 5) is 1.40. The maximum atomic E-state index is 13.0. The Morgan fingerprint density at radius 2 is 1.76 bits per heavy atom. The second-order valence-electron chi connectivity index (χ2n) is 5.24. The van der Waals surface area contributed by atoms with E-state index in [1.165, 1.54) is 11.9 Å². The molecular weight excluding hydrogens is 236 g/mol. The number of piperidine rings is 1. The van der Waals surface area contributed by atoms with Crippen LogP contribution in [0.15, 0.2) is 0 Å². The molecule has 6 heteroatoms. The molecule has 2 aliphatic heterocycles. The van der Waals surface area contributed by atoms with Gasteiger partial charge < -0.3 is 5.32 Å². The summed E-state index contributed by atoms with van der Waals surface area (Å²) >= 11 is 0. The van der Waals surface area contributed by atoms with E-state index in [9.17, 15) is 17.6 Å². The van der Waals surface area contributed by atoms with Gasteiger partial charge in [0.2, 0.25) is 0 Å². The zero-order valence-electron chi connectivity index (χ0n) is 9.80. The third kappa shape index (κ3) is 2.91. The van der Waals surface area contributed by atoms with Gasteiger partial charge >= 0.3 is 12.3 Å². The van der Waals surface area contributed by atoms with E-state index in [0.29, 0.717) is 12.1 Å². The third-order valence-corrected chi connectivity index (χ3v) is 3.85. The molecule has 2 aliphatic rings. The van der Waals surface area contributed by atoms with Crippen LogP contribution in [0, 0.1) is 0 Å². The van der Waals surface area contributed by atoms with Crippen LogP contribution in [0.1, 0.15) is 25.7 Å².